The Balaban J connectivity index is 2.58. The van der Waals surface area contributed by atoms with Gasteiger partial charge in [0.1, 0.15) is 5.75 Å². The van der Waals surface area contributed by atoms with Crippen LogP contribution in [-0.2, 0) is 6.42 Å². The number of pyridine rings is 1. The molecule has 3 nitrogen and oxygen atoms in total. The smallest absolute Gasteiger partial charge is 0.227 e. The van der Waals surface area contributed by atoms with Crippen LogP contribution in [0.3, 0.4) is 0 Å². The van der Waals surface area contributed by atoms with Gasteiger partial charge in [-0.2, -0.15) is 4.73 Å². The second-order valence-electron chi connectivity index (χ2n) is 4.12. The first-order valence-corrected chi connectivity index (χ1v) is 5.96. The summed E-state index contributed by atoms with van der Waals surface area (Å²) in [5.41, 5.74) is 1.46. The third-order valence-corrected chi connectivity index (χ3v) is 2.95. The zero-order chi connectivity index (χ0) is 12.3. The van der Waals surface area contributed by atoms with E-state index in [2.05, 4.69) is 6.92 Å². The van der Waals surface area contributed by atoms with Crippen LogP contribution in [0.2, 0.25) is 0 Å². The lowest BCUT2D eigenvalue weighted by Gasteiger charge is -2.10. The molecule has 1 aromatic heterocycles. The molecule has 0 bridgehead atoms. The lowest BCUT2D eigenvalue weighted by atomic mass is 10.1. The molecule has 0 spiro atoms. The van der Waals surface area contributed by atoms with Gasteiger partial charge in [-0.25, -0.2) is 0 Å². The summed E-state index contributed by atoms with van der Waals surface area (Å²) in [4.78, 5) is 0. The van der Waals surface area contributed by atoms with E-state index in [0.717, 1.165) is 40.8 Å². The average Bonchev–Trinajstić information content (AvgIpc) is 2.38. The highest BCUT2D eigenvalue weighted by atomic mass is 16.5. The molecule has 0 saturated heterocycles. The molecule has 17 heavy (non-hydrogen) atoms. The van der Waals surface area contributed by atoms with Crippen LogP contribution in [0, 0.1) is 5.21 Å². The van der Waals surface area contributed by atoms with E-state index >= 15 is 0 Å². The third-order valence-electron chi connectivity index (χ3n) is 2.95. The number of fused-ring (bicyclic) bond motifs is 1. The van der Waals surface area contributed by atoms with Crippen molar-refractivity contribution in [3.63, 3.8) is 0 Å². The zero-order valence-electron chi connectivity index (χ0n) is 10.3. The van der Waals surface area contributed by atoms with Gasteiger partial charge in [-0.3, -0.25) is 0 Å². The highest BCUT2D eigenvalue weighted by molar-refractivity contribution is 5.82. The summed E-state index contributed by atoms with van der Waals surface area (Å²) in [5.74, 6) is 0.777. The van der Waals surface area contributed by atoms with E-state index < -0.39 is 0 Å². The molecule has 2 aromatic rings. The Morgan fingerprint density at radius 3 is 2.76 bits per heavy atom. The number of benzene rings is 1. The van der Waals surface area contributed by atoms with Crippen LogP contribution in [0.5, 0.6) is 5.75 Å². The molecule has 0 saturated carbocycles. The van der Waals surface area contributed by atoms with Crippen LogP contribution in [-0.4, -0.2) is 7.11 Å². The van der Waals surface area contributed by atoms with Crippen molar-refractivity contribution in [2.45, 2.75) is 26.2 Å². The Kier molecular flexibility index (Phi) is 3.47. The van der Waals surface area contributed by atoms with Crippen LogP contribution in [0.15, 0.2) is 30.3 Å². The first kappa shape index (κ1) is 11.7. The molecule has 2 rings (SSSR count). The molecular formula is C14H17NO2. The fourth-order valence-corrected chi connectivity index (χ4v) is 2.00. The Morgan fingerprint density at radius 1 is 1.29 bits per heavy atom. The summed E-state index contributed by atoms with van der Waals surface area (Å²) >= 11 is 0. The predicted octanol–water partition coefficient (Wildman–Crippen LogP) is 2.82. The number of methoxy groups -OCH3 is 1. The Bertz CT molecular complexity index is 523. The van der Waals surface area contributed by atoms with Crippen molar-refractivity contribution in [1.82, 2.24) is 0 Å². The highest BCUT2D eigenvalue weighted by Gasteiger charge is 2.14. The first-order valence-electron chi connectivity index (χ1n) is 5.96. The van der Waals surface area contributed by atoms with Crippen molar-refractivity contribution in [2.24, 2.45) is 0 Å². The number of aryl methyl sites for hydroxylation is 1. The minimum atomic E-state index is 0.679. The van der Waals surface area contributed by atoms with E-state index in [9.17, 15) is 5.21 Å². The lowest BCUT2D eigenvalue weighted by Crippen LogP contribution is -2.32. The van der Waals surface area contributed by atoms with Crippen molar-refractivity contribution in [3.05, 3.63) is 41.2 Å². The molecule has 3 heteroatoms. The van der Waals surface area contributed by atoms with E-state index in [-0.39, 0.29) is 0 Å². The van der Waals surface area contributed by atoms with Crippen molar-refractivity contribution >= 4 is 10.9 Å². The fraction of sp³-hybridized carbons (Fsp3) is 0.357. The number of nitrogens with zero attached hydrogens (tertiary/aromatic N) is 1. The SMILES string of the molecule is CCCCc1cc(OC)c2ccccc2[n+]1[O-]. The number of para-hydroxylation sites is 1. The minimum Gasteiger partial charge on any atom is -0.618 e. The van der Waals surface area contributed by atoms with Crippen molar-refractivity contribution in [3.8, 4) is 5.75 Å². The van der Waals surface area contributed by atoms with Gasteiger partial charge in [0.05, 0.1) is 12.5 Å². The number of ether oxygens (including phenoxy) is 1. The number of hydrogen-bond donors (Lipinski definition) is 0. The molecule has 0 amide bonds. The first-order chi connectivity index (χ1) is 8.27. The van der Waals surface area contributed by atoms with E-state index in [0.29, 0.717) is 5.52 Å². The minimum absolute atomic E-state index is 0.679. The highest BCUT2D eigenvalue weighted by Crippen LogP contribution is 2.24. The molecule has 1 aromatic carbocycles. The molecule has 0 unspecified atom stereocenters. The predicted molar refractivity (Wildman–Crippen MR) is 68.1 cm³/mol. The van der Waals surface area contributed by atoms with Crippen LogP contribution in [0.1, 0.15) is 25.5 Å². The molecule has 0 radical (unpaired) electrons. The Morgan fingerprint density at radius 2 is 2.06 bits per heavy atom. The van der Waals surface area contributed by atoms with Gasteiger partial charge in [-0.05, 0) is 12.5 Å². The third kappa shape index (κ3) is 2.18. The van der Waals surface area contributed by atoms with Crippen molar-refractivity contribution in [2.75, 3.05) is 7.11 Å². The molecule has 0 N–H and O–H groups in total. The van der Waals surface area contributed by atoms with Gasteiger partial charge in [0.15, 0.2) is 5.69 Å². The van der Waals surface area contributed by atoms with Crippen LogP contribution in [0.25, 0.3) is 10.9 Å². The van der Waals surface area contributed by atoms with E-state index in [1.54, 1.807) is 7.11 Å². The van der Waals surface area contributed by atoms with Gasteiger partial charge in [0, 0.05) is 18.6 Å². The number of aromatic nitrogens is 1. The maximum absolute atomic E-state index is 12.2. The van der Waals surface area contributed by atoms with Gasteiger partial charge in [0.25, 0.3) is 0 Å². The van der Waals surface area contributed by atoms with Gasteiger partial charge in [0.2, 0.25) is 5.52 Å². The monoisotopic (exact) mass is 231 g/mol. The molecular weight excluding hydrogens is 214 g/mol. The maximum Gasteiger partial charge on any atom is 0.227 e. The summed E-state index contributed by atoms with van der Waals surface area (Å²) < 4.78 is 6.37. The quantitative estimate of drug-likeness (QED) is 0.599. The molecule has 0 fully saturated rings. The number of rotatable bonds is 4. The zero-order valence-corrected chi connectivity index (χ0v) is 10.3. The van der Waals surface area contributed by atoms with Gasteiger partial charge in [-0.15, -0.1) is 0 Å². The topological polar surface area (TPSA) is 36.2 Å². The molecule has 0 atom stereocenters. The summed E-state index contributed by atoms with van der Waals surface area (Å²) in [6.07, 6.45) is 2.89. The van der Waals surface area contributed by atoms with Crippen molar-refractivity contribution < 1.29 is 9.47 Å². The second-order valence-corrected chi connectivity index (χ2v) is 4.12. The van der Waals surface area contributed by atoms with Gasteiger partial charge < -0.3 is 9.94 Å². The lowest BCUT2D eigenvalue weighted by molar-refractivity contribution is -0.586. The molecule has 0 aliphatic carbocycles. The van der Waals surface area contributed by atoms with E-state index in [1.165, 1.54) is 0 Å². The largest absolute Gasteiger partial charge is 0.618 e. The van der Waals surface area contributed by atoms with Gasteiger partial charge >= 0.3 is 0 Å². The Hall–Kier alpha value is -1.77. The molecule has 0 aliphatic heterocycles. The fourth-order valence-electron chi connectivity index (χ4n) is 2.00. The normalized spacial score (nSPS) is 10.7. The summed E-state index contributed by atoms with van der Waals surface area (Å²) in [6, 6.07) is 9.38. The second kappa shape index (κ2) is 5.04. The summed E-state index contributed by atoms with van der Waals surface area (Å²) in [5, 5.41) is 13.0. The van der Waals surface area contributed by atoms with Crippen molar-refractivity contribution in [1.29, 1.82) is 0 Å². The van der Waals surface area contributed by atoms with E-state index in [4.69, 9.17) is 4.74 Å². The Labute approximate surface area is 101 Å². The number of hydrogen-bond acceptors (Lipinski definition) is 2. The summed E-state index contributed by atoms with van der Waals surface area (Å²) in [6.45, 7) is 2.12. The van der Waals surface area contributed by atoms with Crippen LogP contribution in [0.4, 0.5) is 0 Å². The molecule has 90 valence electrons. The van der Waals surface area contributed by atoms with Crippen LogP contribution >= 0.6 is 0 Å². The molecule has 1 heterocycles. The number of unbranched alkanes of at least 4 members (excludes halogenated alkanes) is 1. The average molecular weight is 231 g/mol. The summed E-state index contributed by atoms with van der Waals surface area (Å²) in [7, 11) is 1.64. The van der Waals surface area contributed by atoms with Crippen LogP contribution < -0.4 is 9.47 Å². The molecule has 0 aliphatic rings. The van der Waals surface area contributed by atoms with Gasteiger partial charge in [-0.1, -0.05) is 25.5 Å². The van der Waals surface area contributed by atoms with E-state index in [1.807, 2.05) is 30.3 Å². The standard InChI is InChI=1S/C14H17NO2/c1-3-4-7-11-10-14(17-2)12-8-5-6-9-13(12)15(11)16/h5-6,8-10H,3-4,7H2,1-2H3. The maximum atomic E-state index is 12.2.